The fourth-order valence-corrected chi connectivity index (χ4v) is 2.83. The summed E-state index contributed by atoms with van der Waals surface area (Å²) in [5.74, 6) is 1.18. The highest BCUT2D eigenvalue weighted by molar-refractivity contribution is 5.28. The van der Waals surface area contributed by atoms with Crippen molar-refractivity contribution in [1.82, 2.24) is 0 Å². The second-order valence-corrected chi connectivity index (χ2v) is 5.38. The Bertz CT molecular complexity index is 466. The molecule has 0 radical (unpaired) electrons. The number of aryl methyl sites for hydroxylation is 1. The monoisotopic (exact) mass is 258 g/mol. The van der Waals surface area contributed by atoms with Gasteiger partial charge in [0.05, 0.1) is 12.7 Å². The molecule has 0 bridgehead atoms. The molecular formula is C16H22N2O. The van der Waals surface area contributed by atoms with Crippen molar-refractivity contribution >= 4 is 0 Å². The molecular weight excluding hydrogens is 236 g/mol. The third-order valence-electron chi connectivity index (χ3n) is 4.12. The molecule has 0 aliphatic heterocycles. The summed E-state index contributed by atoms with van der Waals surface area (Å²) >= 11 is 0. The summed E-state index contributed by atoms with van der Waals surface area (Å²) in [6.07, 6.45) is 4.79. The number of nitrogens with zero attached hydrogens (tertiary/aromatic N) is 1. The van der Waals surface area contributed by atoms with Crippen LogP contribution in [0.1, 0.15) is 38.2 Å². The van der Waals surface area contributed by atoms with Gasteiger partial charge in [-0.3, -0.25) is 0 Å². The average molecular weight is 258 g/mol. The van der Waals surface area contributed by atoms with Gasteiger partial charge in [-0.15, -0.1) is 0 Å². The number of nitriles is 1. The molecule has 0 spiro atoms. The Balaban J connectivity index is 1.85. The zero-order valence-corrected chi connectivity index (χ0v) is 11.6. The zero-order valence-electron chi connectivity index (χ0n) is 11.6. The normalized spacial score (nSPS) is 26.1. The van der Waals surface area contributed by atoms with Gasteiger partial charge in [0.15, 0.2) is 0 Å². The van der Waals surface area contributed by atoms with Crippen molar-refractivity contribution in [3.8, 4) is 11.8 Å². The summed E-state index contributed by atoms with van der Waals surface area (Å²) in [5.41, 5.74) is 6.76. The molecule has 3 heteroatoms. The topological polar surface area (TPSA) is 59.0 Å². The van der Waals surface area contributed by atoms with E-state index >= 15 is 0 Å². The molecule has 2 unspecified atom stereocenters. The number of hydrogen-bond donors (Lipinski definition) is 1. The van der Waals surface area contributed by atoms with E-state index in [0.717, 1.165) is 37.9 Å². The summed E-state index contributed by atoms with van der Waals surface area (Å²) in [7, 11) is 0. The molecule has 0 heterocycles. The number of benzene rings is 1. The standard InChI is InChI=1S/C16H22N2O/c1-2-13-5-3-7-15(11-13)19-10-8-14-6-4-9-16(14,18)12-17/h3,5,7,11,14H,2,4,6,8-10,18H2,1H3. The molecule has 1 aliphatic carbocycles. The summed E-state index contributed by atoms with van der Waals surface area (Å²) in [6, 6.07) is 10.5. The number of nitrogens with two attached hydrogens (primary N) is 1. The lowest BCUT2D eigenvalue weighted by Gasteiger charge is -2.23. The molecule has 2 N–H and O–H groups in total. The van der Waals surface area contributed by atoms with E-state index in [0.29, 0.717) is 6.61 Å². The van der Waals surface area contributed by atoms with Crippen LogP contribution in [0.15, 0.2) is 24.3 Å². The first-order valence-electron chi connectivity index (χ1n) is 7.10. The molecule has 1 fully saturated rings. The third-order valence-corrected chi connectivity index (χ3v) is 4.12. The Morgan fingerprint density at radius 1 is 1.53 bits per heavy atom. The molecule has 0 saturated heterocycles. The fourth-order valence-electron chi connectivity index (χ4n) is 2.83. The lowest BCUT2D eigenvalue weighted by molar-refractivity contribution is 0.254. The van der Waals surface area contributed by atoms with Crippen LogP contribution >= 0.6 is 0 Å². The van der Waals surface area contributed by atoms with Gasteiger partial charge in [0.1, 0.15) is 11.3 Å². The Labute approximate surface area is 115 Å². The molecule has 0 amide bonds. The molecule has 2 rings (SSSR count). The molecule has 102 valence electrons. The number of hydrogen-bond acceptors (Lipinski definition) is 3. The van der Waals surface area contributed by atoms with Crippen molar-refractivity contribution < 1.29 is 4.74 Å². The largest absolute Gasteiger partial charge is 0.494 e. The highest BCUT2D eigenvalue weighted by Crippen LogP contribution is 2.35. The van der Waals surface area contributed by atoms with Crippen LogP contribution in [0.5, 0.6) is 5.75 Å². The van der Waals surface area contributed by atoms with E-state index in [2.05, 4.69) is 25.1 Å². The third kappa shape index (κ3) is 3.27. The first-order valence-corrected chi connectivity index (χ1v) is 7.10. The number of rotatable bonds is 5. The minimum Gasteiger partial charge on any atom is -0.494 e. The van der Waals surface area contributed by atoms with E-state index < -0.39 is 5.54 Å². The van der Waals surface area contributed by atoms with E-state index in [1.807, 2.05) is 12.1 Å². The second kappa shape index (κ2) is 6.08. The predicted molar refractivity (Wildman–Crippen MR) is 75.8 cm³/mol. The van der Waals surface area contributed by atoms with Gasteiger partial charge < -0.3 is 10.5 Å². The summed E-state index contributed by atoms with van der Waals surface area (Å²) in [5, 5.41) is 9.16. The summed E-state index contributed by atoms with van der Waals surface area (Å²) < 4.78 is 5.78. The van der Waals surface area contributed by atoms with Gasteiger partial charge in [0.2, 0.25) is 0 Å². The Morgan fingerprint density at radius 2 is 2.37 bits per heavy atom. The van der Waals surface area contributed by atoms with E-state index in [1.54, 1.807) is 0 Å². The average Bonchev–Trinajstić information content (AvgIpc) is 2.81. The van der Waals surface area contributed by atoms with Crippen LogP contribution in [-0.4, -0.2) is 12.1 Å². The molecule has 3 nitrogen and oxygen atoms in total. The van der Waals surface area contributed by atoms with Gasteiger partial charge in [-0.2, -0.15) is 5.26 Å². The van der Waals surface area contributed by atoms with Crippen molar-refractivity contribution in [2.45, 2.75) is 44.6 Å². The lowest BCUT2D eigenvalue weighted by Crippen LogP contribution is -2.42. The van der Waals surface area contributed by atoms with Gasteiger partial charge in [-0.25, -0.2) is 0 Å². The van der Waals surface area contributed by atoms with Crippen molar-refractivity contribution in [2.75, 3.05) is 6.61 Å². The van der Waals surface area contributed by atoms with Crippen LogP contribution < -0.4 is 10.5 Å². The molecule has 0 aromatic heterocycles. The molecule has 1 saturated carbocycles. The molecule has 2 atom stereocenters. The van der Waals surface area contributed by atoms with Crippen molar-refractivity contribution in [3.63, 3.8) is 0 Å². The smallest absolute Gasteiger partial charge is 0.119 e. The first-order chi connectivity index (χ1) is 9.18. The SMILES string of the molecule is CCc1cccc(OCCC2CCCC2(N)C#N)c1. The molecule has 19 heavy (non-hydrogen) atoms. The Hall–Kier alpha value is -1.53. The molecule has 1 aromatic rings. The first kappa shape index (κ1) is 13.9. The van der Waals surface area contributed by atoms with Crippen LogP contribution in [0.4, 0.5) is 0 Å². The van der Waals surface area contributed by atoms with Crippen molar-refractivity contribution in [3.05, 3.63) is 29.8 Å². The maximum absolute atomic E-state index is 9.16. The van der Waals surface area contributed by atoms with E-state index in [1.165, 1.54) is 5.56 Å². The van der Waals surface area contributed by atoms with Crippen molar-refractivity contribution in [1.29, 1.82) is 5.26 Å². The van der Waals surface area contributed by atoms with Crippen LogP contribution in [0.2, 0.25) is 0 Å². The zero-order chi connectivity index (χ0) is 13.7. The van der Waals surface area contributed by atoms with E-state index in [4.69, 9.17) is 15.7 Å². The highest BCUT2D eigenvalue weighted by atomic mass is 16.5. The van der Waals surface area contributed by atoms with Gasteiger partial charge in [0.25, 0.3) is 0 Å². The quantitative estimate of drug-likeness (QED) is 0.883. The summed E-state index contributed by atoms with van der Waals surface area (Å²) in [6.45, 7) is 2.77. The minimum atomic E-state index is -0.630. The van der Waals surface area contributed by atoms with E-state index in [-0.39, 0.29) is 5.92 Å². The predicted octanol–water partition coefficient (Wildman–Crippen LogP) is 3.04. The molecule has 1 aliphatic rings. The van der Waals surface area contributed by atoms with E-state index in [9.17, 15) is 0 Å². The fraction of sp³-hybridized carbons (Fsp3) is 0.562. The van der Waals surface area contributed by atoms with Crippen LogP contribution in [0.3, 0.4) is 0 Å². The Kier molecular flexibility index (Phi) is 4.44. The van der Waals surface area contributed by atoms with Crippen LogP contribution in [0, 0.1) is 17.2 Å². The van der Waals surface area contributed by atoms with Gasteiger partial charge in [-0.05, 0) is 49.3 Å². The maximum atomic E-state index is 9.16. The highest BCUT2D eigenvalue weighted by Gasteiger charge is 2.39. The lowest BCUT2D eigenvalue weighted by atomic mass is 9.87. The number of ether oxygens (including phenoxy) is 1. The second-order valence-electron chi connectivity index (χ2n) is 5.38. The summed E-state index contributed by atoms with van der Waals surface area (Å²) in [4.78, 5) is 0. The minimum absolute atomic E-state index is 0.270. The van der Waals surface area contributed by atoms with Gasteiger partial charge in [0, 0.05) is 0 Å². The van der Waals surface area contributed by atoms with Gasteiger partial charge in [-0.1, -0.05) is 25.5 Å². The van der Waals surface area contributed by atoms with Gasteiger partial charge >= 0.3 is 0 Å². The molecule has 1 aromatic carbocycles. The van der Waals surface area contributed by atoms with Crippen LogP contribution in [-0.2, 0) is 6.42 Å². The van der Waals surface area contributed by atoms with Crippen LogP contribution in [0.25, 0.3) is 0 Å². The van der Waals surface area contributed by atoms with Crippen molar-refractivity contribution in [2.24, 2.45) is 11.7 Å². The maximum Gasteiger partial charge on any atom is 0.119 e. The Morgan fingerprint density at radius 3 is 3.11 bits per heavy atom.